The van der Waals surface area contributed by atoms with Crippen LogP contribution < -0.4 is 5.56 Å². The van der Waals surface area contributed by atoms with Crippen LogP contribution in [0.5, 0.6) is 0 Å². The lowest BCUT2D eigenvalue weighted by atomic mass is 10.0. The molecule has 0 aliphatic heterocycles. The lowest BCUT2D eigenvalue weighted by Gasteiger charge is -2.04. The fourth-order valence-corrected chi connectivity index (χ4v) is 2.66. The Morgan fingerprint density at radius 3 is 2.48 bits per heavy atom. The maximum Gasteiger partial charge on any atom is 0.259 e. The lowest BCUT2D eigenvalue weighted by molar-refractivity contribution is 0.102. The highest BCUT2D eigenvalue weighted by Gasteiger charge is 2.14. The normalized spacial score (nSPS) is 11.0. The largest absolute Gasteiger partial charge is 0.303 e. The van der Waals surface area contributed by atoms with E-state index < -0.39 is 0 Å². The Kier molecular flexibility index (Phi) is 3.01. The van der Waals surface area contributed by atoms with Crippen molar-refractivity contribution in [2.75, 3.05) is 0 Å². The molecule has 4 nitrogen and oxygen atoms in total. The van der Waals surface area contributed by atoms with Gasteiger partial charge in [-0.05, 0) is 29.0 Å². The molecule has 4 aromatic rings. The molecule has 1 N–H and O–H groups in total. The molecule has 0 bridgehead atoms. The number of aromatic nitrogens is 2. The van der Waals surface area contributed by atoms with Crippen LogP contribution in [-0.4, -0.2) is 15.8 Å². The minimum Gasteiger partial charge on any atom is -0.303 e. The minimum absolute atomic E-state index is 0.0592. The van der Waals surface area contributed by atoms with Crippen LogP contribution in [0.4, 0.5) is 0 Å². The number of nitrogens with one attached hydrogen (secondary N) is 1. The zero-order valence-corrected chi connectivity index (χ0v) is 12.1. The van der Waals surface area contributed by atoms with E-state index in [4.69, 9.17) is 0 Å². The molecule has 0 aliphatic rings. The van der Waals surface area contributed by atoms with Crippen molar-refractivity contribution >= 4 is 27.5 Å². The number of carbonyl (C=O) groups is 1. The van der Waals surface area contributed by atoms with E-state index in [2.05, 4.69) is 9.97 Å². The third-order valence-corrected chi connectivity index (χ3v) is 3.84. The molecule has 23 heavy (non-hydrogen) atoms. The lowest BCUT2D eigenvalue weighted by Crippen LogP contribution is -2.16. The Balaban J connectivity index is 1.85. The molecule has 4 rings (SSSR count). The van der Waals surface area contributed by atoms with Crippen molar-refractivity contribution in [3.05, 3.63) is 88.5 Å². The quantitative estimate of drug-likeness (QED) is 0.578. The number of para-hydroxylation sites is 1. The Labute approximate surface area is 131 Å². The summed E-state index contributed by atoms with van der Waals surface area (Å²) in [6, 6.07) is 20.2. The molecule has 0 atom stereocenters. The summed E-state index contributed by atoms with van der Waals surface area (Å²) in [5, 5.41) is 2.51. The average molecular weight is 300 g/mol. The summed E-state index contributed by atoms with van der Waals surface area (Å²) in [6.07, 6.45) is 0. The van der Waals surface area contributed by atoms with E-state index in [1.165, 1.54) is 0 Å². The van der Waals surface area contributed by atoms with E-state index in [1.54, 1.807) is 30.3 Å². The number of aromatic amines is 1. The second-order valence-electron chi connectivity index (χ2n) is 5.32. The van der Waals surface area contributed by atoms with E-state index in [0.29, 0.717) is 16.5 Å². The summed E-state index contributed by atoms with van der Waals surface area (Å²) in [6.45, 7) is 0. The topological polar surface area (TPSA) is 62.8 Å². The van der Waals surface area contributed by atoms with Crippen LogP contribution in [-0.2, 0) is 0 Å². The van der Waals surface area contributed by atoms with Gasteiger partial charge in [-0.2, -0.15) is 0 Å². The SMILES string of the molecule is O=C(c1ccc2ccccc2c1)c1nc2ccccc2c(=O)[nH]1. The highest BCUT2D eigenvalue weighted by atomic mass is 16.1. The highest BCUT2D eigenvalue weighted by Crippen LogP contribution is 2.17. The number of ketones is 1. The third kappa shape index (κ3) is 2.30. The number of hydrogen-bond acceptors (Lipinski definition) is 3. The second-order valence-corrected chi connectivity index (χ2v) is 5.32. The van der Waals surface area contributed by atoms with Gasteiger partial charge in [0.25, 0.3) is 5.56 Å². The van der Waals surface area contributed by atoms with Gasteiger partial charge >= 0.3 is 0 Å². The Morgan fingerprint density at radius 1 is 0.870 bits per heavy atom. The first-order valence-corrected chi connectivity index (χ1v) is 7.25. The van der Waals surface area contributed by atoms with Crippen LogP contribution in [0.2, 0.25) is 0 Å². The fourth-order valence-electron chi connectivity index (χ4n) is 2.66. The summed E-state index contributed by atoms with van der Waals surface area (Å²) in [4.78, 5) is 31.6. The minimum atomic E-state index is -0.306. The molecule has 0 spiro atoms. The fraction of sp³-hybridized carbons (Fsp3) is 0. The van der Waals surface area contributed by atoms with Gasteiger partial charge in [-0.25, -0.2) is 4.98 Å². The van der Waals surface area contributed by atoms with Gasteiger partial charge in [0.05, 0.1) is 10.9 Å². The van der Waals surface area contributed by atoms with Crippen LogP contribution >= 0.6 is 0 Å². The van der Waals surface area contributed by atoms with Crippen molar-refractivity contribution in [3.8, 4) is 0 Å². The van der Waals surface area contributed by atoms with E-state index in [1.807, 2.05) is 36.4 Å². The molecule has 0 radical (unpaired) electrons. The van der Waals surface area contributed by atoms with Gasteiger partial charge in [0, 0.05) is 5.56 Å². The van der Waals surface area contributed by atoms with Gasteiger partial charge in [-0.1, -0.05) is 48.5 Å². The van der Waals surface area contributed by atoms with Crippen molar-refractivity contribution < 1.29 is 4.79 Å². The van der Waals surface area contributed by atoms with E-state index in [0.717, 1.165) is 10.8 Å². The third-order valence-electron chi connectivity index (χ3n) is 3.84. The molecule has 0 amide bonds. The van der Waals surface area contributed by atoms with E-state index in [9.17, 15) is 9.59 Å². The molecule has 0 aliphatic carbocycles. The van der Waals surface area contributed by atoms with E-state index >= 15 is 0 Å². The van der Waals surface area contributed by atoms with Crippen LogP contribution in [0.3, 0.4) is 0 Å². The number of rotatable bonds is 2. The molecule has 4 heteroatoms. The first kappa shape index (κ1) is 13.4. The first-order valence-electron chi connectivity index (χ1n) is 7.25. The molecule has 0 saturated heterocycles. The Hall–Kier alpha value is -3.27. The van der Waals surface area contributed by atoms with Gasteiger partial charge in [-0.3, -0.25) is 9.59 Å². The number of carbonyl (C=O) groups excluding carboxylic acids is 1. The number of benzene rings is 3. The average Bonchev–Trinajstić information content (AvgIpc) is 2.60. The summed E-state index contributed by atoms with van der Waals surface area (Å²) < 4.78 is 0. The molecular weight excluding hydrogens is 288 g/mol. The maximum atomic E-state index is 12.7. The van der Waals surface area contributed by atoms with Gasteiger partial charge in [-0.15, -0.1) is 0 Å². The smallest absolute Gasteiger partial charge is 0.259 e. The van der Waals surface area contributed by atoms with Gasteiger partial charge in [0.2, 0.25) is 5.78 Å². The molecular formula is C19H12N2O2. The number of hydrogen-bond donors (Lipinski definition) is 1. The zero-order valence-electron chi connectivity index (χ0n) is 12.1. The van der Waals surface area contributed by atoms with Gasteiger partial charge in [0.1, 0.15) is 0 Å². The maximum absolute atomic E-state index is 12.7. The summed E-state index contributed by atoms with van der Waals surface area (Å²) >= 11 is 0. The van der Waals surface area contributed by atoms with Crippen LogP contribution in [0.25, 0.3) is 21.7 Å². The Bertz CT molecular complexity index is 1110. The summed E-state index contributed by atoms with van der Waals surface area (Å²) in [7, 11) is 0. The zero-order chi connectivity index (χ0) is 15.8. The molecule has 1 heterocycles. The van der Waals surface area contributed by atoms with Crippen LogP contribution in [0.1, 0.15) is 16.2 Å². The predicted octanol–water partition coefficient (Wildman–Crippen LogP) is 3.31. The standard InChI is InChI=1S/C19H12N2O2/c22-17(14-10-9-12-5-1-2-6-13(12)11-14)18-20-16-8-4-3-7-15(16)19(23)21-18/h1-11H,(H,20,21,23). The highest BCUT2D eigenvalue weighted by molar-refractivity contribution is 6.09. The van der Waals surface area contributed by atoms with E-state index in [-0.39, 0.29) is 17.2 Å². The molecule has 1 aromatic heterocycles. The summed E-state index contributed by atoms with van der Waals surface area (Å²) in [5.41, 5.74) is 0.710. The first-order chi connectivity index (χ1) is 11.2. The van der Waals surface area contributed by atoms with Crippen molar-refractivity contribution in [2.45, 2.75) is 0 Å². The van der Waals surface area contributed by atoms with Crippen molar-refractivity contribution in [1.29, 1.82) is 0 Å². The van der Waals surface area contributed by atoms with Crippen molar-refractivity contribution in [2.24, 2.45) is 0 Å². The van der Waals surface area contributed by atoms with Crippen LogP contribution in [0, 0.1) is 0 Å². The monoisotopic (exact) mass is 300 g/mol. The van der Waals surface area contributed by atoms with Crippen molar-refractivity contribution in [3.63, 3.8) is 0 Å². The van der Waals surface area contributed by atoms with Crippen LogP contribution in [0.15, 0.2) is 71.5 Å². The molecule has 0 fully saturated rings. The molecule has 0 unspecified atom stereocenters. The molecule has 110 valence electrons. The molecule has 3 aromatic carbocycles. The number of fused-ring (bicyclic) bond motifs is 2. The van der Waals surface area contributed by atoms with Crippen molar-refractivity contribution in [1.82, 2.24) is 9.97 Å². The predicted molar refractivity (Wildman–Crippen MR) is 89.7 cm³/mol. The number of nitrogens with zero attached hydrogens (tertiary/aromatic N) is 1. The Morgan fingerprint density at radius 2 is 1.61 bits per heavy atom. The number of H-pyrrole nitrogens is 1. The van der Waals surface area contributed by atoms with Gasteiger partial charge in [0.15, 0.2) is 5.82 Å². The summed E-state index contributed by atoms with van der Waals surface area (Å²) in [5.74, 6) is -0.234. The van der Waals surface area contributed by atoms with Gasteiger partial charge < -0.3 is 4.98 Å². The second kappa shape index (κ2) is 5.18. The molecule has 0 saturated carbocycles.